The van der Waals surface area contributed by atoms with Crippen molar-refractivity contribution in [1.29, 1.82) is 0 Å². The van der Waals surface area contributed by atoms with Gasteiger partial charge in [-0.25, -0.2) is 0 Å². The van der Waals surface area contributed by atoms with Gasteiger partial charge in [-0.05, 0) is 6.07 Å². The highest BCUT2D eigenvalue weighted by Gasteiger charge is 2.19. The molecule has 4 nitrogen and oxygen atoms in total. The summed E-state index contributed by atoms with van der Waals surface area (Å²) in [7, 11) is 0. The van der Waals surface area contributed by atoms with Gasteiger partial charge in [-0.1, -0.05) is 25.9 Å². The average molecular weight is 220 g/mol. The van der Waals surface area contributed by atoms with Gasteiger partial charge < -0.3 is 14.3 Å². The minimum absolute atomic E-state index is 0.0113. The van der Waals surface area contributed by atoms with Gasteiger partial charge in [-0.15, -0.1) is 0 Å². The van der Waals surface area contributed by atoms with Gasteiger partial charge in [0, 0.05) is 23.6 Å². The molecule has 86 valence electrons. The molecule has 0 atom stereocenters. The Bertz CT molecular complexity index is 438. The first kappa shape index (κ1) is 10.8. The van der Waals surface area contributed by atoms with E-state index in [9.17, 15) is 0 Å². The zero-order valence-electron chi connectivity index (χ0n) is 9.78. The molecule has 0 bridgehead atoms. The van der Waals surface area contributed by atoms with Gasteiger partial charge in [-0.3, -0.25) is 0 Å². The Morgan fingerprint density at radius 3 is 2.75 bits per heavy atom. The monoisotopic (exact) mass is 220 g/mol. The van der Waals surface area contributed by atoms with Gasteiger partial charge in [0.2, 0.25) is 0 Å². The second-order valence-electron chi connectivity index (χ2n) is 4.81. The lowest BCUT2D eigenvalue weighted by Gasteiger charge is -2.12. The summed E-state index contributed by atoms with van der Waals surface area (Å²) in [6, 6.07) is 3.85. The number of hydrogen-bond acceptors (Lipinski definition) is 4. The molecule has 0 fully saturated rings. The topological polar surface area (TPSA) is 51.2 Å². The van der Waals surface area contributed by atoms with Crippen molar-refractivity contribution in [2.75, 3.05) is 5.32 Å². The molecule has 2 aromatic heterocycles. The Morgan fingerprint density at radius 2 is 2.19 bits per heavy atom. The molecule has 0 saturated heterocycles. The Labute approximate surface area is 94.6 Å². The molecular formula is C12H16N2O2. The minimum Gasteiger partial charge on any atom is -0.472 e. The van der Waals surface area contributed by atoms with E-state index in [2.05, 4.69) is 31.2 Å². The predicted octanol–water partition coefficient (Wildman–Crippen LogP) is 3.18. The number of nitrogens with zero attached hydrogens (tertiary/aromatic N) is 1. The predicted molar refractivity (Wildman–Crippen MR) is 61.2 cm³/mol. The summed E-state index contributed by atoms with van der Waals surface area (Å²) in [4.78, 5) is 0. The van der Waals surface area contributed by atoms with E-state index < -0.39 is 0 Å². The van der Waals surface area contributed by atoms with Gasteiger partial charge >= 0.3 is 0 Å². The molecule has 0 aliphatic rings. The molecule has 0 aromatic carbocycles. The van der Waals surface area contributed by atoms with Crippen LogP contribution in [-0.4, -0.2) is 5.16 Å². The molecule has 0 radical (unpaired) electrons. The van der Waals surface area contributed by atoms with Gasteiger partial charge in [0.05, 0.1) is 12.5 Å². The average Bonchev–Trinajstić information content (AvgIpc) is 2.85. The van der Waals surface area contributed by atoms with Crippen LogP contribution in [0.2, 0.25) is 0 Å². The maximum Gasteiger partial charge on any atom is 0.169 e. The summed E-state index contributed by atoms with van der Waals surface area (Å²) in [5.74, 6) is 1.63. The first-order valence-electron chi connectivity index (χ1n) is 5.28. The number of nitrogens with one attached hydrogen (secondary N) is 1. The number of hydrogen-bond donors (Lipinski definition) is 1. The third-order valence-electron chi connectivity index (χ3n) is 2.30. The van der Waals surface area contributed by atoms with E-state index in [0.717, 1.165) is 17.1 Å². The van der Waals surface area contributed by atoms with Crippen molar-refractivity contribution in [2.45, 2.75) is 32.7 Å². The first-order chi connectivity index (χ1) is 7.55. The molecule has 0 saturated carbocycles. The van der Waals surface area contributed by atoms with E-state index in [1.807, 2.05) is 12.1 Å². The lowest BCUT2D eigenvalue weighted by Crippen LogP contribution is -2.09. The van der Waals surface area contributed by atoms with Crippen LogP contribution in [0.15, 0.2) is 33.6 Å². The van der Waals surface area contributed by atoms with Gasteiger partial charge in [0.15, 0.2) is 5.82 Å². The molecule has 0 amide bonds. The largest absolute Gasteiger partial charge is 0.472 e. The van der Waals surface area contributed by atoms with Crippen LogP contribution in [0.4, 0.5) is 5.82 Å². The fourth-order valence-electron chi connectivity index (χ4n) is 1.30. The molecule has 0 spiro atoms. The normalized spacial score (nSPS) is 11.7. The van der Waals surface area contributed by atoms with Crippen molar-refractivity contribution >= 4 is 5.82 Å². The highest BCUT2D eigenvalue weighted by atomic mass is 16.5. The van der Waals surface area contributed by atoms with Gasteiger partial charge in [0.1, 0.15) is 5.76 Å². The van der Waals surface area contributed by atoms with Crippen LogP contribution in [0.5, 0.6) is 0 Å². The Kier molecular flexibility index (Phi) is 2.73. The molecular weight excluding hydrogens is 204 g/mol. The summed E-state index contributed by atoms with van der Waals surface area (Å²) in [6.45, 7) is 6.96. The highest BCUT2D eigenvalue weighted by Crippen LogP contribution is 2.24. The van der Waals surface area contributed by atoms with Crippen LogP contribution >= 0.6 is 0 Å². The second-order valence-corrected chi connectivity index (χ2v) is 4.81. The van der Waals surface area contributed by atoms with Crippen molar-refractivity contribution in [3.63, 3.8) is 0 Å². The molecule has 0 aliphatic heterocycles. The van der Waals surface area contributed by atoms with Crippen LogP contribution < -0.4 is 5.32 Å². The highest BCUT2D eigenvalue weighted by molar-refractivity contribution is 5.36. The molecule has 1 N–H and O–H groups in total. The van der Waals surface area contributed by atoms with Gasteiger partial charge in [-0.2, -0.15) is 0 Å². The summed E-state index contributed by atoms with van der Waals surface area (Å²) in [5.41, 5.74) is 1.07. The van der Waals surface area contributed by atoms with E-state index in [-0.39, 0.29) is 5.41 Å². The number of aromatic nitrogens is 1. The lowest BCUT2D eigenvalue weighted by atomic mass is 9.93. The van der Waals surface area contributed by atoms with Crippen LogP contribution in [0, 0.1) is 0 Å². The maximum atomic E-state index is 5.26. The van der Waals surface area contributed by atoms with Crippen LogP contribution in [0.1, 0.15) is 32.1 Å². The van der Waals surface area contributed by atoms with Crippen molar-refractivity contribution in [1.82, 2.24) is 5.16 Å². The Morgan fingerprint density at radius 1 is 1.38 bits per heavy atom. The summed E-state index contributed by atoms with van der Waals surface area (Å²) in [5, 5.41) is 7.14. The van der Waals surface area contributed by atoms with E-state index in [1.54, 1.807) is 12.5 Å². The molecule has 4 heteroatoms. The maximum absolute atomic E-state index is 5.26. The van der Waals surface area contributed by atoms with Gasteiger partial charge in [0.25, 0.3) is 0 Å². The number of furan rings is 1. The third-order valence-corrected chi connectivity index (χ3v) is 2.30. The summed E-state index contributed by atoms with van der Waals surface area (Å²) < 4.78 is 10.2. The van der Waals surface area contributed by atoms with E-state index in [0.29, 0.717) is 6.54 Å². The van der Waals surface area contributed by atoms with Crippen LogP contribution in [0.3, 0.4) is 0 Å². The summed E-state index contributed by atoms with van der Waals surface area (Å²) >= 11 is 0. The Hall–Kier alpha value is -1.71. The molecule has 2 heterocycles. The van der Waals surface area contributed by atoms with Crippen molar-refractivity contribution in [2.24, 2.45) is 0 Å². The van der Waals surface area contributed by atoms with Crippen molar-refractivity contribution < 1.29 is 8.94 Å². The first-order valence-corrected chi connectivity index (χ1v) is 5.28. The third kappa shape index (κ3) is 2.45. The molecule has 2 rings (SSSR count). The quantitative estimate of drug-likeness (QED) is 0.863. The number of anilines is 1. The second kappa shape index (κ2) is 4.04. The molecule has 2 aromatic rings. The zero-order chi connectivity index (χ0) is 11.6. The van der Waals surface area contributed by atoms with Crippen LogP contribution in [-0.2, 0) is 12.0 Å². The van der Waals surface area contributed by atoms with Crippen molar-refractivity contribution in [3.05, 3.63) is 36.0 Å². The van der Waals surface area contributed by atoms with E-state index >= 15 is 0 Å². The Balaban J connectivity index is 1.98. The SMILES string of the molecule is CC(C)(C)c1cc(NCc2ccoc2)no1. The standard InChI is InChI=1S/C12H16N2O2/c1-12(2,3)10-6-11(14-16-10)13-7-9-4-5-15-8-9/h4-6,8H,7H2,1-3H3,(H,13,14). The van der Waals surface area contributed by atoms with E-state index in [1.165, 1.54) is 0 Å². The number of rotatable bonds is 3. The zero-order valence-corrected chi connectivity index (χ0v) is 9.78. The lowest BCUT2D eigenvalue weighted by molar-refractivity contribution is 0.330. The fourth-order valence-corrected chi connectivity index (χ4v) is 1.30. The fraction of sp³-hybridized carbons (Fsp3) is 0.417. The molecule has 0 unspecified atom stereocenters. The van der Waals surface area contributed by atoms with E-state index in [4.69, 9.17) is 8.94 Å². The molecule has 16 heavy (non-hydrogen) atoms. The summed E-state index contributed by atoms with van der Waals surface area (Å²) in [6.07, 6.45) is 3.36. The smallest absolute Gasteiger partial charge is 0.169 e. The van der Waals surface area contributed by atoms with Crippen molar-refractivity contribution in [3.8, 4) is 0 Å². The minimum atomic E-state index is -0.0113. The molecule has 0 aliphatic carbocycles. The van der Waals surface area contributed by atoms with Crippen LogP contribution in [0.25, 0.3) is 0 Å².